The molecule has 0 saturated carbocycles. The van der Waals surface area contributed by atoms with Crippen molar-refractivity contribution in [2.24, 2.45) is 0 Å². The molecule has 9 heteroatoms. The monoisotopic (exact) mass is 560 g/mol. The van der Waals surface area contributed by atoms with Crippen molar-refractivity contribution in [2.45, 2.75) is 0 Å². The first-order valence-electron chi connectivity index (χ1n) is 9.71. The van der Waals surface area contributed by atoms with Crippen LogP contribution in [0.15, 0.2) is 104 Å². The van der Waals surface area contributed by atoms with Gasteiger partial charge in [0.05, 0.1) is 0 Å². The normalized spacial score (nSPS) is 9.80. The smallest absolute Gasteiger partial charge is 0.822 e. The molecular weight excluding hydrogens is 541 g/mol. The zero-order chi connectivity index (χ0) is 23.1. The second-order valence-corrected chi connectivity index (χ2v) is 7.75. The summed E-state index contributed by atoms with van der Waals surface area (Å²) in [7, 11) is -5.39. The van der Waals surface area contributed by atoms with Gasteiger partial charge in [-0.1, -0.05) is 104 Å². The second kappa shape index (κ2) is 17.9. The Labute approximate surface area is 333 Å². The maximum absolute atomic E-state index is 10.8. The summed E-state index contributed by atoms with van der Waals surface area (Å²) in [6.07, 6.45) is 1.74. The summed E-state index contributed by atoms with van der Waals surface area (Å²) in [5, 5.41) is 10.8. The van der Waals surface area contributed by atoms with Crippen LogP contribution < -0.4 is 169 Å². The van der Waals surface area contributed by atoms with Crippen molar-refractivity contribution in [3.05, 3.63) is 109 Å². The van der Waals surface area contributed by atoms with E-state index in [0.29, 0.717) is 0 Å². The zero-order valence-electron chi connectivity index (χ0n) is 20.0. The quantitative estimate of drug-likeness (QED) is 0.199. The molecule has 162 valence electrons. The van der Waals surface area contributed by atoms with Gasteiger partial charge in [-0.3, -0.25) is 0 Å². The van der Waals surface area contributed by atoms with Gasteiger partial charge in [0.2, 0.25) is 0 Å². The van der Waals surface area contributed by atoms with Crippen LogP contribution in [-0.4, -0.2) is 5.11 Å². The summed E-state index contributed by atoms with van der Waals surface area (Å²) in [6, 6.07) is 32.5. The molecule has 0 aliphatic heterocycles. The van der Waals surface area contributed by atoms with Crippen LogP contribution in [0.1, 0.15) is 5.56 Å². The van der Waals surface area contributed by atoms with E-state index in [4.69, 9.17) is 19.2 Å². The molecule has 0 aromatic heterocycles. The summed E-state index contributed by atoms with van der Waals surface area (Å²) < 4.78 is 8.55. The molecule has 0 atom stereocenters. The van der Waals surface area contributed by atoms with Gasteiger partial charge in [-0.05, 0) is 33.9 Å². The minimum atomic E-state index is -5.39. The van der Waals surface area contributed by atoms with Crippen LogP contribution in [0.3, 0.4) is 0 Å². The molecule has 4 aromatic carbocycles. The molecule has 0 aliphatic rings. The molecule has 0 aliphatic carbocycles. The van der Waals surface area contributed by atoms with Gasteiger partial charge in [-0.25, -0.2) is 0 Å². The molecule has 0 saturated heterocycles. The van der Waals surface area contributed by atoms with Crippen molar-refractivity contribution in [1.82, 2.24) is 0 Å². The Kier molecular flexibility index (Phi) is 18.7. The second-order valence-electron chi connectivity index (χ2n) is 6.86. The molecule has 4 aromatic rings. The van der Waals surface area contributed by atoms with Crippen LogP contribution in [0.2, 0.25) is 0 Å². The van der Waals surface area contributed by atoms with E-state index < -0.39 is 7.82 Å². The van der Waals surface area contributed by atoms with Gasteiger partial charge in [0.1, 0.15) is 5.75 Å². The SMILES string of the molecule is C=Cc1c(O)cc(-c2ccccc2)c(-c2ccccc2)c1-c1ccccc1.O=P([O-])([O-])[O-].[K+].[K+].[K+]. The van der Waals surface area contributed by atoms with Crippen LogP contribution in [0.4, 0.5) is 0 Å². The molecule has 0 spiro atoms. The Bertz CT molecular complexity index is 1240. The summed E-state index contributed by atoms with van der Waals surface area (Å²) in [5.74, 6) is 0.238. The Morgan fingerprint density at radius 2 is 1.00 bits per heavy atom. The van der Waals surface area contributed by atoms with Crippen molar-refractivity contribution in [3.63, 3.8) is 0 Å². The van der Waals surface area contributed by atoms with Crippen LogP contribution >= 0.6 is 7.82 Å². The van der Waals surface area contributed by atoms with E-state index in [1.165, 1.54) is 0 Å². The molecule has 1 N–H and O–H groups in total. The maximum Gasteiger partial charge on any atom is 1.00 e. The number of rotatable bonds is 4. The summed E-state index contributed by atoms with van der Waals surface area (Å²) in [4.78, 5) is 25.6. The van der Waals surface area contributed by atoms with Gasteiger partial charge in [0.15, 0.2) is 0 Å². The first kappa shape index (κ1) is 36.4. The molecule has 0 fully saturated rings. The Hall–Kier alpha value is 1.44. The van der Waals surface area contributed by atoms with Crippen molar-refractivity contribution >= 4 is 13.9 Å². The molecule has 0 heterocycles. The van der Waals surface area contributed by atoms with Crippen molar-refractivity contribution in [2.75, 3.05) is 0 Å². The fraction of sp³-hybridized carbons (Fsp3) is 0. The topological polar surface area (TPSA) is 106 Å². The van der Waals surface area contributed by atoms with Crippen molar-refractivity contribution in [3.8, 4) is 39.1 Å². The van der Waals surface area contributed by atoms with E-state index in [1.807, 2.05) is 60.7 Å². The van der Waals surface area contributed by atoms with Crippen molar-refractivity contribution in [1.29, 1.82) is 0 Å². The number of aromatic hydroxyl groups is 1. The maximum atomic E-state index is 10.8. The Morgan fingerprint density at radius 1 is 0.657 bits per heavy atom. The van der Waals surface area contributed by atoms with Crippen LogP contribution in [0.25, 0.3) is 39.5 Å². The van der Waals surface area contributed by atoms with E-state index in [-0.39, 0.29) is 160 Å². The molecule has 5 nitrogen and oxygen atoms in total. The van der Waals surface area contributed by atoms with Crippen molar-refractivity contribution < 1.29 is 179 Å². The third-order valence-corrected chi connectivity index (χ3v) is 4.76. The largest absolute Gasteiger partial charge is 1.00 e. The van der Waals surface area contributed by atoms with E-state index in [0.717, 1.165) is 38.9 Å². The standard InChI is InChI=1S/C26H20O.3K.H3O4P/c1-2-22-24(27)18-23(19-12-6-3-7-13-19)26(21-16-10-5-11-17-21)25(22)20-14-8-4-9-15-20;;;;1-5(2,3)4/h2-18,27H,1H2;;;;(H3,1,2,3,4)/q;3*+1;/p-3. The summed E-state index contributed by atoms with van der Waals surface area (Å²) in [6.45, 7) is 3.96. The fourth-order valence-electron chi connectivity index (χ4n) is 3.55. The molecular formula is C26H20K3O5P. The van der Waals surface area contributed by atoms with E-state index >= 15 is 0 Å². The number of hydrogen-bond acceptors (Lipinski definition) is 5. The summed E-state index contributed by atoms with van der Waals surface area (Å²) >= 11 is 0. The van der Waals surface area contributed by atoms with Crippen LogP contribution in [-0.2, 0) is 4.57 Å². The third-order valence-electron chi connectivity index (χ3n) is 4.76. The van der Waals surface area contributed by atoms with Gasteiger partial charge >= 0.3 is 154 Å². The fourth-order valence-corrected chi connectivity index (χ4v) is 3.55. The molecule has 4 rings (SSSR count). The predicted molar refractivity (Wildman–Crippen MR) is 122 cm³/mol. The molecule has 0 bridgehead atoms. The minimum Gasteiger partial charge on any atom is -0.822 e. The molecule has 0 radical (unpaired) electrons. The molecule has 0 amide bonds. The number of benzene rings is 4. The first-order valence-corrected chi connectivity index (χ1v) is 11.2. The average Bonchev–Trinajstić information content (AvgIpc) is 2.79. The number of phosphoric acid groups is 1. The molecule has 35 heavy (non-hydrogen) atoms. The predicted octanol–water partition coefficient (Wildman–Crippen LogP) is -4.78. The number of hydrogen-bond donors (Lipinski definition) is 1. The van der Waals surface area contributed by atoms with E-state index in [2.05, 4.69) is 43.0 Å². The summed E-state index contributed by atoms with van der Waals surface area (Å²) in [5.41, 5.74) is 7.08. The van der Waals surface area contributed by atoms with Crippen LogP contribution in [0.5, 0.6) is 5.75 Å². The number of phenolic OH excluding ortho intramolecular Hbond substituents is 1. The third kappa shape index (κ3) is 11.2. The minimum absolute atomic E-state index is 0. The van der Waals surface area contributed by atoms with Gasteiger partial charge in [0, 0.05) is 11.1 Å². The molecule has 0 unspecified atom stereocenters. The Morgan fingerprint density at radius 3 is 1.37 bits per heavy atom. The zero-order valence-corrected chi connectivity index (χ0v) is 30.3. The van der Waals surface area contributed by atoms with Gasteiger partial charge < -0.3 is 24.4 Å². The number of phenols is 1. The van der Waals surface area contributed by atoms with Crippen LogP contribution in [0, 0.1) is 0 Å². The van der Waals surface area contributed by atoms with Gasteiger partial charge in [0.25, 0.3) is 0 Å². The Balaban J connectivity index is 0.00000132. The van der Waals surface area contributed by atoms with E-state index in [9.17, 15) is 5.11 Å². The van der Waals surface area contributed by atoms with Gasteiger partial charge in [-0.2, -0.15) is 7.82 Å². The van der Waals surface area contributed by atoms with Gasteiger partial charge in [-0.15, -0.1) is 0 Å². The van der Waals surface area contributed by atoms with E-state index in [1.54, 1.807) is 6.08 Å². The average molecular weight is 561 g/mol. The first-order chi connectivity index (χ1) is 15.3.